The third-order valence-corrected chi connectivity index (χ3v) is 5.36. The fraction of sp³-hybridized carbons (Fsp3) is 0.440. The number of ether oxygens (including phenoxy) is 1. The van der Waals surface area contributed by atoms with Crippen molar-refractivity contribution in [2.24, 2.45) is 0 Å². The van der Waals surface area contributed by atoms with Crippen LogP contribution in [0, 0.1) is 0 Å². The van der Waals surface area contributed by atoms with Crippen molar-refractivity contribution in [1.82, 2.24) is 9.80 Å². The van der Waals surface area contributed by atoms with Gasteiger partial charge in [0.1, 0.15) is 12.3 Å². The van der Waals surface area contributed by atoms with Gasteiger partial charge in [-0.3, -0.25) is 9.59 Å². The van der Waals surface area contributed by atoms with Gasteiger partial charge in [-0.1, -0.05) is 43.7 Å². The van der Waals surface area contributed by atoms with Crippen LogP contribution >= 0.6 is 0 Å². The van der Waals surface area contributed by atoms with E-state index in [1.165, 1.54) is 0 Å². The molecule has 3 rings (SSSR count). The van der Waals surface area contributed by atoms with Crippen molar-refractivity contribution in [3.05, 3.63) is 66.1 Å². The predicted molar refractivity (Wildman–Crippen MR) is 120 cm³/mol. The first-order valence-electron chi connectivity index (χ1n) is 11.1. The van der Waals surface area contributed by atoms with E-state index in [1.54, 1.807) is 28.2 Å². The Hall–Kier alpha value is -2.86. The number of furan rings is 1. The number of carbonyl (C=O) groups excluding carboxylic acids is 2. The van der Waals surface area contributed by atoms with Gasteiger partial charge in [-0.2, -0.15) is 0 Å². The van der Waals surface area contributed by atoms with Gasteiger partial charge in [0.05, 0.1) is 18.9 Å². The van der Waals surface area contributed by atoms with Gasteiger partial charge in [0.2, 0.25) is 11.8 Å². The fourth-order valence-corrected chi connectivity index (χ4v) is 3.60. The number of hydrogen-bond donors (Lipinski definition) is 0. The topological polar surface area (TPSA) is 63.0 Å². The van der Waals surface area contributed by atoms with E-state index < -0.39 is 0 Å². The van der Waals surface area contributed by atoms with Crippen LogP contribution in [0.5, 0.6) is 0 Å². The van der Waals surface area contributed by atoms with Crippen LogP contribution in [-0.4, -0.2) is 54.0 Å². The molecule has 1 aromatic heterocycles. The molecule has 2 amide bonds. The summed E-state index contributed by atoms with van der Waals surface area (Å²) >= 11 is 0. The summed E-state index contributed by atoms with van der Waals surface area (Å²) in [7, 11) is 0. The molecule has 0 bridgehead atoms. The second-order valence-electron chi connectivity index (χ2n) is 7.85. The molecule has 6 nitrogen and oxygen atoms in total. The summed E-state index contributed by atoms with van der Waals surface area (Å²) in [6, 6.07) is 13.4. The van der Waals surface area contributed by atoms with Crippen LogP contribution in [0.2, 0.25) is 0 Å². The molecule has 0 aliphatic carbocycles. The molecule has 0 radical (unpaired) electrons. The second kappa shape index (κ2) is 12.1. The molecule has 1 aliphatic heterocycles. The quantitative estimate of drug-likeness (QED) is 0.509. The lowest BCUT2D eigenvalue weighted by Crippen LogP contribution is -2.45. The summed E-state index contributed by atoms with van der Waals surface area (Å²) in [5.74, 6) is 0.479. The highest BCUT2D eigenvalue weighted by Gasteiger charge is 2.25. The van der Waals surface area contributed by atoms with E-state index >= 15 is 0 Å². The zero-order chi connectivity index (χ0) is 21.9. The smallest absolute Gasteiger partial charge is 0.247 e. The number of rotatable bonds is 11. The molecule has 0 spiro atoms. The van der Waals surface area contributed by atoms with Crippen molar-refractivity contribution < 1.29 is 18.7 Å². The van der Waals surface area contributed by atoms with E-state index in [0.717, 1.165) is 43.6 Å². The highest BCUT2D eigenvalue weighted by Crippen LogP contribution is 2.16. The number of carbonyl (C=O) groups is 2. The predicted octanol–water partition coefficient (Wildman–Crippen LogP) is 4.13. The third kappa shape index (κ3) is 7.40. The van der Waals surface area contributed by atoms with Gasteiger partial charge in [-0.05, 0) is 43.0 Å². The molecule has 6 heteroatoms. The lowest BCUT2D eigenvalue weighted by Gasteiger charge is -2.28. The van der Waals surface area contributed by atoms with Gasteiger partial charge in [0.25, 0.3) is 0 Å². The number of hydrogen-bond acceptors (Lipinski definition) is 4. The molecular formula is C25H32N2O4. The molecule has 0 N–H and O–H groups in total. The molecule has 2 aromatic rings. The van der Waals surface area contributed by atoms with Crippen LogP contribution in [-0.2, 0) is 20.9 Å². The molecule has 1 saturated heterocycles. The van der Waals surface area contributed by atoms with E-state index in [1.807, 2.05) is 42.5 Å². The van der Waals surface area contributed by atoms with Crippen molar-refractivity contribution >= 4 is 17.9 Å². The van der Waals surface area contributed by atoms with Crippen molar-refractivity contribution in [2.75, 3.05) is 26.2 Å². The number of nitrogens with zero attached hydrogens (tertiary/aromatic N) is 2. The average molecular weight is 425 g/mol. The summed E-state index contributed by atoms with van der Waals surface area (Å²) in [5.41, 5.74) is 0.954. The Balaban J connectivity index is 1.67. The molecule has 2 heterocycles. The van der Waals surface area contributed by atoms with Crippen molar-refractivity contribution in [2.45, 2.75) is 45.3 Å². The first-order chi connectivity index (χ1) is 15.2. The number of benzene rings is 1. The molecule has 0 unspecified atom stereocenters. The Labute approximate surface area is 184 Å². The Morgan fingerprint density at radius 3 is 2.65 bits per heavy atom. The zero-order valence-electron chi connectivity index (χ0n) is 18.2. The highest BCUT2D eigenvalue weighted by atomic mass is 16.5. The minimum absolute atomic E-state index is 0.0386. The van der Waals surface area contributed by atoms with Gasteiger partial charge < -0.3 is 19.0 Å². The average Bonchev–Trinajstić information content (AvgIpc) is 3.49. The van der Waals surface area contributed by atoms with Gasteiger partial charge in [-0.25, -0.2) is 0 Å². The minimum atomic E-state index is -0.152. The summed E-state index contributed by atoms with van der Waals surface area (Å²) in [4.78, 5) is 29.5. The largest absolute Gasteiger partial charge is 0.467 e. The van der Waals surface area contributed by atoms with Crippen LogP contribution in [0.4, 0.5) is 0 Å². The summed E-state index contributed by atoms with van der Waals surface area (Å²) < 4.78 is 11.2. The molecule has 166 valence electrons. The lowest BCUT2D eigenvalue weighted by molar-refractivity contribution is -0.140. The normalized spacial score (nSPS) is 16.0. The van der Waals surface area contributed by atoms with Crippen molar-refractivity contribution in [1.29, 1.82) is 0 Å². The maximum atomic E-state index is 13.2. The van der Waals surface area contributed by atoms with Gasteiger partial charge in [-0.15, -0.1) is 0 Å². The highest BCUT2D eigenvalue weighted by molar-refractivity contribution is 5.94. The molecule has 1 atom stereocenters. The Bertz CT molecular complexity index is 826. The lowest BCUT2D eigenvalue weighted by atomic mass is 10.2. The first-order valence-corrected chi connectivity index (χ1v) is 11.1. The van der Waals surface area contributed by atoms with E-state index in [0.29, 0.717) is 19.6 Å². The van der Waals surface area contributed by atoms with Crippen LogP contribution in [0.3, 0.4) is 0 Å². The minimum Gasteiger partial charge on any atom is -0.467 e. The van der Waals surface area contributed by atoms with E-state index in [9.17, 15) is 9.59 Å². The summed E-state index contributed by atoms with van der Waals surface area (Å²) in [5, 5.41) is 0. The van der Waals surface area contributed by atoms with Crippen molar-refractivity contribution in [3.63, 3.8) is 0 Å². The van der Waals surface area contributed by atoms with Crippen LogP contribution in [0.15, 0.2) is 59.2 Å². The third-order valence-electron chi connectivity index (χ3n) is 5.36. The Kier molecular flexibility index (Phi) is 8.91. The maximum Gasteiger partial charge on any atom is 0.247 e. The monoisotopic (exact) mass is 424 g/mol. The maximum absolute atomic E-state index is 13.2. The summed E-state index contributed by atoms with van der Waals surface area (Å²) in [6.45, 7) is 4.29. The second-order valence-corrected chi connectivity index (χ2v) is 7.85. The fourth-order valence-electron chi connectivity index (χ4n) is 3.60. The molecule has 1 aliphatic rings. The van der Waals surface area contributed by atoms with Crippen LogP contribution in [0.1, 0.15) is 43.9 Å². The first kappa shape index (κ1) is 22.8. The zero-order valence-corrected chi connectivity index (χ0v) is 18.2. The molecule has 1 fully saturated rings. The molecule has 31 heavy (non-hydrogen) atoms. The van der Waals surface area contributed by atoms with Crippen molar-refractivity contribution in [3.8, 4) is 0 Å². The summed E-state index contributed by atoms with van der Waals surface area (Å²) in [6.07, 6.45) is 8.74. The van der Waals surface area contributed by atoms with E-state index in [4.69, 9.17) is 9.15 Å². The van der Waals surface area contributed by atoms with Gasteiger partial charge in [0, 0.05) is 25.8 Å². The SMILES string of the molecule is CCCCN(CC(=O)N(Cc1ccco1)C[C@@H]1CCCO1)C(=O)/C=C/c1ccccc1. The standard InChI is InChI=1S/C25H32N2O4/c1-2-3-15-26(24(28)14-13-21-9-5-4-6-10-21)20-25(29)27(18-22-11-7-16-30-22)19-23-12-8-17-31-23/h4-7,9-11,13-14,16,23H,2-3,8,12,15,17-20H2,1H3/b14-13+/t23-/m0/s1. The van der Waals surface area contributed by atoms with Gasteiger partial charge in [0.15, 0.2) is 0 Å². The van der Waals surface area contributed by atoms with Crippen LogP contribution in [0.25, 0.3) is 6.08 Å². The molecule has 1 aromatic carbocycles. The molecular weight excluding hydrogens is 392 g/mol. The van der Waals surface area contributed by atoms with Crippen LogP contribution < -0.4 is 0 Å². The number of unbranched alkanes of at least 4 members (excludes halogenated alkanes) is 1. The Morgan fingerprint density at radius 2 is 1.97 bits per heavy atom. The van der Waals surface area contributed by atoms with Gasteiger partial charge >= 0.3 is 0 Å². The number of amides is 2. The van der Waals surface area contributed by atoms with E-state index in [2.05, 4.69) is 6.92 Å². The van der Waals surface area contributed by atoms with E-state index in [-0.39, 0.29) is 24.5 Å². The molecule has 0 saturated carbocycles. The Morgan fingerprint density at radius 1 is 1.13 bits per heavy atom.